The van der Waals surface area contributed by atoms with E-state index in [9.17, 15) is 9.18 Å². The summed E-state index contributed by atoms with van der Waals surface area (Å²) in [7, 11) is 1.47. The summed E-state index contributed by atoms with van der Waals surface area (Å²) in [6, 6.07) is 3.99. The van der Waals surface area contributed by atoms with Gasteiger partial charge in [-0.15, -0.1) is 0 Å². The van der Waals surface area contributed by atoms with Crippen molar-refractivity contribution in [1.82, 2.24) is 9.78 Å². The highest BCUT2D eigenvalue weighted by Crippen LogP contribution is 2.23. The fourth-order valence-corrected chi connectivity index (χ4v) is 1.93. The number of nitrogens with zero attached hydrogens (tertiary/aromatic N) is 2. The number of nitrogens with two attached hydrogens (primary N) is 1. The van der Waals surface area contributed by atoms with E-state index in [1.54, 1.807) is 4.68 Å². The highest BCUT2D eigenvalue weighted by molar-refractivity contribution is 6.09. The quantitative estimate of drug-likeness (QED) is 0.672. The van der Waals surface area contributed by atoms with E-state index < -0.39 is 5.82 Å². The molecule has 1 aromatic carbocycles. The molecule has 0 aliphatic carbocycles. The Morgan fingerprint density at radius 1 is 1.50 bits per heavy atom. The maximum atomic E-state index is 13.5. The van der Waals surface area contributed by atoms with Gasteiger partial charge in [-0.05, 0) is 24.6 Å². The second kappa shape index (κ2) is 5.73. The fraction of sp³-hybridized carbons (Fsp3) is 0.286. The standard InChI is InChI=1S/C14H16FN3O2/c1-3-6-18-13(12(20-2)8-17-18)14(19)9-4-5-11(16)10(15)7-9/h4-5,7-8H,3,6,16H2,1-2H3. The summed E-state index contributed by atoms with van der Waals surface area (Å²) in [6.45, 7) is 2.56. The van der Waals surface area contributed by atoms with Crippen LogP contribution in [0, 0.1) is 5.82 Å². The van der Waals surface area contributed by atoms with Crippen molar-refractivity contribution >= 4 is 11.5 Å². The van der Waals surface area contributed by atoms with Gasteiger partial charge in [0, 0.05) is 12.1 Å². The van der Waals surface area contributed by atoms with Crippen LogP contribution < -0.4 is 10.5 Å². The number of aryl methyl sites for hydroxylation is 1. The number of carbonyl (C=O) groups is 1. The summed E-state index contributed by atoms with van der Waals surface area (Å²) in [6.07, 6.45) is 2.30. The van der Waals surface area contributed by atoms with Gasteiger partial charge in [0.15, 0.2) is 11.4 Å². The molecule has 0 spiro atoms. The van der Waals surface area contributed by atoms with Crippen molar-refractivity contribution in [3.8, 4) is 5.75 Å². The SMILES string of the molecule is CCCn1ncc(OC)c1C(=O)c1ccc(N)c(F)c1. The van der Waals surface area contributed by atoms with Crippen LogP contribution in [0.2, 0.25) is 0 Å². The molecule has 0 saturated heterocycles. The molecule has 2 aromatic rings. The van der Waals surface area contributed by atoms with Gasteiger partial charge >= 0.3 is 0 Å². The topological polar surface area (TPSA) is 70.1 Å². The van der Waals surface area contributed by atoms with E-state index in [1.165, 1.54) is 25.4 Å². The Balaban J connectivity index is 2.46. The largest absolute Gasteiger partial charge is 0.493 e. The number of ketones is 1. The Labute approximate surface area is 116 Å². The van der Waals surface area contributed by atoms with Crippen LogP contribution in [0.1, 0.15) is 29.4 Å². The zero-order chi connectivity index (χ0) is 14.7. The Bertz CT molecular complexity index is 637. The van der Waals surface area contributed by atoms with E-state index in [-0.39, 0.29) is 17.0 Å². The lowest BCUT2D eigenvalue weighted by molar-refractivity contribution is 0.102. The van der Waals surface area contributed by atoms with E-state index in [2.05, 4.69) is 5.10 Å². The first kappa shape index (κ1) is 14.0. The van der Waals surface area contributed by atoms with Crippen LogP contribution in [0.15, 0.2) is 24.4 Å². The van der Waals surface area contributed by atoms with Crippen LogP contribution in [0.5, 0.6) is 5.75 Å². The van der Waals surface area contributed by atoms with Crippen LogP contribution >= 0.6 is 0 Å². The smallest absolute Gasteiger partial charge is 0.214 e. The Morgan fingerprint density at radius 2 is 2.25 bits per heavy atom. The number of hydrogen-bond donors (Lipinski definition) is 1. The number of halogens is 1. The molecule has 1 aromatic heterocycles. The van der Waals surface area contributed by atoms with Gasteiger partial charge in [0.2, 0.25) is 5.78 Å². The minimum Gasteiger partial charge on any atom is -0.493 e. The molecular formula is C14H16FN3O2. The third-order valence-corrected chi connectivity index (χ3v) is 2.94. The van der Waals surface area contributed by atoms with E-state index in [0.717, 1.165) is 12.5 Å². The van der Waals surface area contributed by atoms with Crippen molar-refractivity contribution in [2.45, 2.75) is 19.9 Å². The summed E-state index contributed by atoms with van der Waals surface area (Å²) in [5.41, 5.74) is 5.96. The Hall–Kier alpha value is -2.37. The predicted molar refractivity (Wildman–Crippen MR) is 73.3 cm³/mol. The summed E-state index contributed by atoms with van der Waals surface area (Å²) < 4.78 is 20.2. The summed E-state index contributed by atoms with van der Waals surface area (Å²) in [5, 5.41) is 4.12. The predicted octanol–water partition coefficient (Wildman–Crippen LogP) is 2.25. The molecule has 0 aliphatic rings. The van der Waals surface area contributed by atoms with E-state index in [0.29, 0.717) is 18.0 Å². The number of aromatic nitrogens is 2. The van der Waals surface area contributed by atoms with Gasteiger partial charge in [0.25, 0.3) is 0 Å². The minimum absolute atomic E-state index is 0.00980. The summed E-state index contributed by atoms with van der Waals surface area (Å²) >= 11 is 0. The second-order valence-electron chi connectivity index (χ2n) is 4.35. The molecule has 0 fully saturated rings. The average Bonchev–Trinajstić information content (AvgIpc) is 2.84. The number of ether oxygens (including phenoxy) is 1. The summed E-state index contributed by atoms with van der Waals surface area (Å²) in [5.74, 6) is -0.580. The molecule has 1 heterocycles. The van der Waals surface area contributed by atoms with Gasteiger partial charge in [0.05, 0.1) is 19.0 Å². The van der Waals surface area contributed by atoms with E-state index in [4.69, 9.17) is 10.5 Å². The molecule has 20 heavy (non-hydrogen) atoms. The van der Waals surface area contributed by atoms with Crippen molar-refractivity contribution in [2.24, 2.45) is 0 Å². The van der Waals surface area contributed by atoms with Crippen molar-refractivity contribution in [3.05, 3.63) is 41.5 Å². The number of carbonyl (C=O) groups excluding carboxylic acids is 1. The molecule has 0 aliphatic heterocycles. The molecule has 2 N–H and O–H groups in total. The van der Waals surface area contributed by atoms with Gasteiger partial charge < -0.3 is 10.5 Å². The van der Waals surface area contributed by atoms with Gasteiger partial charge in [0.1, 0.15) is 5.82 Å². The lowest BCUT2D eigenvalue weighted by Crippen LogP contribution is -2.13. The maximum absolute atomic E-state index is 13.5. The first-order chi connectivity index (χ1) is 9.58. The molecule has 106 valence electrons. The lowest BCUT2D eigenvalue weighted by atomic mass is 10.1. The van der Waals surface area contributed by atoms with Crippen molar-refractivity contribution in [3.63, 3.8) is 0 Å². The van der Waals surface area contributed by atoms with Crippen LogP contribution in [0.4, 0.5) is 10.1 Å². The minimum atomic E-state index is -0.614. The Kier molecular flexibility index (Phi) is 4.02. The van der Waals surface area contributed by atoms with Crippen molar-refractivity contribution in [2.75, 3.05) is 12.8 Å². The number of methoxy groups -OCH3 is 1. The number of hydrogen-bond acceptors (Lipinski definition) is 4. The molecule has 0 radical (unpaired) electrons. The van der Waals surface area contributed by atoms with Gasteiger partial charge in [-0.2, -0.15) is 5.10 Å². The first-order valence-electron chi connectivity index (χ1n) is 6.28. The van der Waals surface area contributed by atoms with Crippen LogP contribution in [-0.4, -0.2) is 22.7 Å². The first-order valence-corrected chi connectivity index (χ1v) is 6.28. The normalized spacial score (nSPS) is 10.6. The number of rotatable bonds is 5. The van der Waals surface area contributed by atoms with Crippen LogP contribution in [-0.2, 0) is 6.54 Å². The molecule has 0 amide bonds. The zero-order valence-corrected chi connectivity index (χ0v) is 11.4. The second-order valence-corrected chi connectivity index (χ2v) is 4.35. The molecular weight excluding hydrogens is 261 g/mol. The van der Waals surface area contributed by atoms with Gasteiger partial charge in [-0.1, -0.05) is 6.92 Å². The lowest BCUT2D eigenvalue weighted by Gasteiger charge is -2.08. The van der Waals surface area contributed by atoms with Crippen molar-refractivity contribution in [1.29, 1.82) is 0 Å². The fourth-order valence-electron chi connectivity index (χ4n) is 1.93. The average molecular weight is 277 g/mol. The highest BCUT2D eigenvalue weighted by Gasteiger charge is 2.21. The zero-order valence-electron chi connectivity index (χ0n) is 11.4. The number of benzene rings is 1. The van der Waals surface area contributed by atoms with Gasteiger partial charge in [-0.3, -0.25) is 9.48 Å². The third-order valence-electron chi connectivity index (χ3n) is 2.94. The van der Waals surface area contributed by atoms with Crippen LogP contribution in [0.3, 0.4) is 0 Å². The monoisotopic (exact) mass is 277 g/mol. The molecule has 0 bridgehead atoms. The van der Waals surface area contributed by atoms with Crippen molar-refractivity contribution < 1.29 is 13.9 Å². The molecule has 0 saturated carbocycles. The Morgan fingerprint density at radius 3 is 2.85 bits per heavy atom. The third kappa shape index (κ3) is 2.49. The summed E-state index contributed by atoms with van der Waals surface area (Å²) in [4.78, 5) is 12.5. The van der Waals surface area contributed by atoms with E-state index in [1.807, 2.05) is 6.92 Å². The highest BCUT2D eigenvalue weighted by atomic mass is 19.1. The molecule has 5 nitrogen and oxygen atoms in total. The van der Waals surface area contributed by atoms with Gasteiger partial charge in [-0.25, -0.2) is 4.39 Å². The maximum Gasteiger partial charge on any atom is 0.214 e. The molecule has 2 rings (SSSR count). The number of anilines is 1. The van der Waals surface area contributed by atoms with E-state index >= 15 is 0 Å². The molecule has 0 unspecified atom stereocenters. The molecule has 0 atom stereocenters. The van der Waals surface area contributed by atoms with Crippen LogP contribution in [0.25, 0.3) is 0 Å². The molecule has 6 heteroatoms. The number of nitrogen functional groups attached to an aromatic ring is 1.